The van der Waals surface area contributed by atoms with Gasteiger partial charge in [-0.25, -0.2) is 13.6 Å². The van der Waals surface area contributed by atoms with E-state index in [0.29, 0.717) is 25.8 Å². The number of unbranched alkanes of at least 4 members (excludes halogenated alkanes) is 2. The average Bonchev–Trinajstić information content (AvgIpc) is 3.25. The van der Waals surface area contributed by atoms with Crippen molar-refractivity contribution in [3.63, 3.8) is 0 Å². The van der Waals surface area contributed by atoms with Gasteiger partial charge in [-0.1, -0.05) is 55.0 Å². The molecule has 9 heteroatoms. The number of carboxylic acids is 1. The number of aliphatic carboxylic acids is 1. The highest BCUT2D eigenvalue weighted by molar-refractivity contribution is 5.79. The molecule has 3 N–H and O–H groups in total. The van der Waals surface area contributed by atoms with Crippen LogP contribution in [0.4, 0.5) is 13.6 Å². The summed E-state index contributed by atoms with van der Waals surface area (Å²) >= 11 is 0. The molecule has 2 aliphatic rings. The largest absolute Gasteiger partial charge is 0.481 e. The molecule has 186 valence electrons. The molecule has 2 atom stereocenters. The first-order chi connectivity index (χ1) is 16.8. The smallest absolute Gasteiger partial charge is 0.407 e. The summed E-state index contributed by atoms with van der Waals surface area (Å²) in [5.74, 6) is -8.26. The number of alkyl carbamates (subject to hydrolysis) is 1. The van der Waals surface area contributed by atoms with Gasteiger partial charge in [0.2, 0.25) is 5.91 Å². The van der Waals surface area contributed by atoms with E-state index in [1.807, 2.05) is 24.3 Å². The fourth-order valence-electron chi connectivity index (χ4n) is 4.72. The zero-order valence-electron chi connectivity index (χ0n) is 19.1. The molecule has 35 heavy (non-hydrogen) atoms. The van der Waals surface area contributed by atoms with E-state index >= 15 is 0 Å². The fourth-order valence-corrected chi connectivity index (χ4v) is 4.72. The van der Waals surface area contributed by atoms with Crippen molar-refractivity contribution in [2.45, 2.75) is 37.5 Å². The lowest BCUT2D eigenvalue weighted by Crippen LogP contribution is -2.27. The molecule has 0 bridgehead atoms. The third-order valence-corrected chi connectivity index (χ3v) is 6.68. The molecule has 0 spiro atoms. The molecule has 2 aliphatic carbocycles. The normalized spacial score (nSPS) is 19.4. The number of rotatable bonds is 11. The SMILES string of the molecule is O=C(CCCCCNC(=O)OCC1c2ccccc2-c2ccccc21)NC[C@H]1[C@@H](C(=O)O)C1(F)F. The van der Waals surface area contributed by atoms with Crippen molar-refractivity contribution in [3.8, 4) is 11.1 Å². The monoisotopic (exact) mass is 486 g/mol. The second-order valence-electron chi connectivity index (χ2n) is 8.96. The topological polar surface area (TPSA) is 105 Å². The third-order valence-electron chi connectivity index (χ3n) is 6.68. The Bertz CT molecular complexity index is 1060. The van der Waals surface area contributed by atoms with Crippen molar-refractivity contribution in [2.24, 2.45) is 11.8 Å². The van der Waals surface area contributed by atoms with Crippen LogP contribution in [0.25, 0.3) is 11.1 Å². The van der Waals surface area contributed by atoms with Crippen molar-refractivity contribution in [1.29, 1.82) is 0 Å². The number of nitrogens with one attached hydrogen (secondary N) is 2. The molecule has 0 heterocycles. The van der Waals surface area contributed by atoms with E-state index in [1.165, 1.54) is 0 Å². The molecule has 0 saturated heterocycles. The van der Waals surface area contributed by atoms with Crippen LogP contribution in [0.3, 0.4) is 0 Å². The number of benzene rings is 2. The number of carbonyl (C=O) groups is 3. The van der Waals surface area contributed by atoms with Gasteiger partial charge < -0.3 is 20.5 Å². The summed E-state index contributed by atoms with van der Waals surface area (Å²) in [7, 11) is 0. The number of hydrogen-bond acceptors (Lipinski definition) is 4. The number of amides is 2. The minimum atomic E-state index is -3.26. The predicted molar refractivity (Wildman–Crippen MR) is 124 cm³/mol. The zero-order valence-corrected chi connectivity index (χ0v) is 19.1. The van der Waals surface area contributed by atoms with Gasteiger partial charge >= 0.3 is 12.1 Å². The van der Waals surface area contributed by atoms with E-state index < -0.39 is 29.8 Å². The second-order valence-corrected chi connectivity index (χ2v) is 8.96. The average molecular weight is 487 g/mol. The Hall–Kier alpha value is -3.49. The van der Waals surface area contributed by atoms with Crippen molar-refractivity contribution < 1.29 is 33.0 Å². The lowest BCUT2D eigenvalue weighted by atomic mass is 9.98. The molecule has 7 nitrogen and oxygen atoms in total. The van der Waals surface area contributed by atoms with Crippen molar-refractivity contribution in [3.05, 3.63) is 59.7 Å². The Kier molecular flexibility index (Phi) is 7.33. The van der Waals surface area contributed by atoms with Crippen LogP contribution in [0.2, 0.25) is 0 Å². The van der Waals surface area contributed by atoms with Crippen molar-refractivity contribution in [1.82, 2.24) is 10.6 Å². The van der Waals surface area contributed by atoms with Gasteiger partial charge in [0.15, 0.2) is 0 Å². The number of carbonyl (C=O) groups excluding carboxylic acids is 2. The number of halogens is 2. The third kappa shape index (κ3) is 5.44. The van der Waals surface area contributed by atoms with E-state index in [-0.39, 0.29) is 31.4 Å². The first-order valence-electron chi connectivity index (χ1n) is 11.8. The summed E-state index contributed by atoms with van der Waals surface area (Å²) in [5, 5.41) is 13.8. The zero-order chi connectivity index (χ0) is 25.0. The first-order valence-corrected chi connectivity index (χ1v) is 11.8. The van der Waals surface area contributed by atoms with Crippen LogP contribution in [0.1, 0.15) is 42.7 Å². The van der Waals surface area contributed by atoms with Gasteiger partial charge in [0.25, 0.3) is 5.92 Å². The minimum absolute atomic E-state index is 0.00645. The summed E-state index contributed by atoms with van der Waals surface area (Å²) in [6.45, 7) is 0.293. The van der Waals surface area contributed by atoms with E-state index in [1.54, 1.807) is 0 Å². The minimum Gasteiger partial charge on any atom is -0.481 e. The van der Waals surface area contributed by atoms with Crippen LogP contribution in [0.5, 0.6) is 0 Å². The van der Waals surface area contributed by atoms with Gasteiger partial charge in [-0.15, -0.1) is 0 Å². The Morgan fingerprint density at radius 2 is 1.54 bits per heavy atom. The molecular weight excluding hydrogens is 458 g/mol. The molecule has 0 aliphatic heterocycles. The molecular formula is C26H28F2N2O5. The maximum atomic E-state index is 13.3. The lowest BCUT2D eigenvalue weighted by Gasteiger charge is -2.14. The molecule has 2 aromatic carbocycles. The number of ether oxygens (including phenoxy) is 1. The highest BCUT2D eigenvalue weighted by atomic mass is 19.3. The summed E-state index contributed by atoms with van der Waals surface area (Å²) in [6.07, 6.45) is 1.49. The lowest BCUT2D eigenvalue weighted by molar-refractivity contribution is -0.141. The standard InChI is InChI=1S/C26H28F2N2O5/c27-26(28)21(23(26)24(32)33)14-30-22(31)12-2-1-7-13-29-25(34)35-15-20-18-10-5-3-8-16(18)17-9-4-6-11-19(17)20/h3-6,8-11,20-21,23H,1-2,7,12-15H2,(H,29,34)(H,30,31)(H,32,33)/t21-,23-/m0/s1. The number of alkyl halides is 2. The second kappa shape index (κ2) is 10.4. The molecule has 0 aromatic heterocycles. The maximum Gasteiger partial charge on any atom is 0.407 e. The fraction of sp³-hybridized carbons (Fsp3) is 0.423. The first kappa shape index (κ1) is 24.6. The van der Waals surface area contributed by atoms with Crippen LogP contribution in [-0.4, -0.2) is 48.7 Å². The van der Waals surface area contributed by atoms with Crippen LogP contribution in [0, 0.1) is 11.8 Å². The predicted octanol–water partition coefficient (Wildman–Crippen LogP) is 4.17. The van der Waals surface area contributed by atoms with Crippen molar-refractivity contribution >= 4 is 18.0 Å². The van der Waals surface area contributed by atoms with E-state index in [2.05, 4.69) is 34.9 Å². The van der Waals surface area contributed by atoms with Gasteiger partial charge in [-0.05, 0) is 35.1 Å². The van der Waals surface area contributed by atoms with Gasteiger partial charge in [0.05, 0.1) is 5.92 Å². The Morgan fingerprint density at radius 3 is 2.14 bits per heavy atom. The quantitative estimate of drug-likeness (QED) is 0.414. The Balaban J connectivity index is 1.09. The number of carboxylic acid groups (broad SMARTS) is 1. The number of fused-ring (bicyclic) bond motifs is 3. The van der Waals surface area contributed by atoms with Crippen LogP contribution in [0.15, 0.2) is 48.5 Å². The van der Waals surface area contributed by atoms with Crippen LogP contribution < -0.4 is 10.6 Å². The molecule has 2 amide bonds. The number of hydrogen-bond donors (Lipinski definition) is 3. The molecule has 4 rings (SSSR count). The Labute approximate surface area is 201 Å². The highest BCUT2D eigenvalue weighted by Gasteiger charge is 2.72. The Morgan fingerprint density at radius 1 is 0.914 bits per heavy atom. The highest BCUT2D eigenvalue weighted by Crippen LogP contribution is 2.54. The van der Waals surface area contributed by atoms with E-state index in [9.17, 15) is 23.2 Å². The van der Waals surface area contributed by atoms with E-state index in [4.69, 9.17) is 9.84 Å². The summed E-state index contributed by atoms with van der Waals surface area (Å²) in [5.41, 5.74) is 4.61. The summed E-state index contributed by atoms with van der Waals surface area (Å²) < 4.78 is 32.1. The van der Waals surface area contributed by atoms with Crippen molar-refractivity contribution in [2.75, 3.05) is 19.7 Å². The molecule has 1 saturated carbocycles. The van der Waals surface area contributed by atoms with Gasteiger partial charge in [-0.3, -0.25) is 9.59 Å². The van der Waals surface area contributed by atoms with Gasteiger partial charge in [0.1, 0.15) is 12.5 Å². The van der Waals surface area contributed by atoms with Crippen LogP contribution >= 0.6 is 0 Å². The summed E-state index contributed by atoms with van der Waals surface area (Å²) in [4.78, 5) is 34.7. The van der Waals surface area contributed by atoms with E-state index in [0.717, 1.165) is 22.3 Å². The van der Waals surface area contributed by atoms with Crippen LogP contribution in [-0.2, 0) is 14.3 Å². The molecule has 0 unspecified atom stereocenters. The molecule has 2 aromatic rings. The van der Waals surface area contributed by atoms with Gasteiger partial charge in [0, 0.05) is 25.4 Å². The molecule has 0 radical (unpaired) electrons. The van der Waals surface area contributed by atoms with Gasteiger partial charge in [-0.2, -0.15) is 0 Å². The summed E-state index contributed by atoms with van der Waals surface area (Å²) in [6, 6.07) is 16.2. The maximum absolute atomic E-state index is 13.3. The molecule has 1 fully saturated rings.